The Kier molecular flexibility index (Phi) is 8.91. The molecule has 248 valence electrons. The number of hydrogen-bond acceptors (Lipinski definition) is 11. The molecule has 0 aliphatic carbocycles. The van der Waals surface area contributed by atoms with E-state index in [9.17, 15) is 40.9 Å². The third-order valence-corrected chi connectivity index (χ3v) is 8.38. The molecule has 1 aliphatic heterocycles. The molecule has 1 aromatic carbocycles. The second kappa shape index (κ2) is 12.3. The van der Waals surface area contributed by atoms with Crippen molar-refractivity contribution in [2.24, 2.45) is 5.73 Å². The van der Waals surface area contributed by atoms with Gasteiger partial charge in [0.25, 0.3) is 12.3 Å². The molecule has 4 aromatic rings. The SMILES string of the molecule is COP(=O)(O)COc1c(F)cc(-c2cc(Cn3cnc4c(N)ncnc43)c(N3CC(F)(F)C[C@](N)([C@H](O)C(F)F)C3)cn2)cc1F. The maximum Gasteiger partial charge on any atom is 0.364 e. The number of nitrogens with two attached hydrogens (primary N) is 2. The molecule has 4 heterocycles. The zero-order valence-electron chi connectivity index (χ0n) is 23.8. The molecule has 3 atom stereocenters. The second-order valence-corrected chi connectivity index (χ2v) is 12.7. The highest BCUT2D eigenvalue weighted by Crippen LogP contribution is 2.42. The van der Waals surface area contributed by atoms with Gasteiger partial charge in [0.05, 0.1) is 42.5 Å². The lowest BCUT2D eigenvalue weighted by Crippen LogP contribution is -2.68. The van der Waals surface area contributed by atoms with Crippen LogP contribution in [0.1, 0.15) is 12.0 Å². The Morgan fingerprint density at radius 1 is 1.11 bits per heavy atom. The van der Waals surface area contributed by atoms with Crippen LogP contribution in [-0.2, 0) is 15.6 Å². The van der Waals surface area contributed by atoms with Gasteiger partial charge in [0.2, 0.25) is 0 Å². The minimum atomic E-state index is -4.27. The Morgan fingerprint density at radius 2 is 1.80 bits per heavy atom. The summed E-state index contributed by atoms with van der Waals surface area (Å²) in [6.07, 6.45) is -4.62. The quantitative estimate of drug-likeness (QED) is 0.142. The van der Waals surface area contributed by atoms with Crippen LogP contribution >= 0.6 is 7.60 Å². The van der Waals surface area contributed by atoms with E-state index in [-0.39, 0.29) is 46.0 Å². The Balaban J connectivity index is 1.59. The van der Waals surface area contributed by atoms with Crippen molar-refractivity contribution in [1.82, 2.24) is 24.5 Å². The fraction of sp³-hybridized carbons (Fsp3) is 0.385. The average molecular weight is 677 g/mol. The number of alkyl halides is 4. The zero-order chi connectivity index (χ0) is 33.6. The summed E-state index contributed by atoms with van der Waals surface area (Å²) in [5, 5.41) is 10.1. The maximum absolute atomic E-state index is 15.0. The van der Waals surface area contributed by atoms with Gasteiger partial charge >= 0.3 is 7.60 Å². The first-order chi connectivity index (χ1) is 21.5. The molecular formula is C26H27F6N8O5P. The van der Waals surface area contributed by atoms with Gasteiger partial charge in [0, 0.05) is 25.6 Å². The molecule has 1 saturated heterocycles. The van der Waals surface area contributed by atoms with Gasteiger partial charge in [-0.05, 0) is 23.8 Å². The molecule has 13 nitrogen and oxygen atoms in total. The zero-order valence-corrected chi connectivity index (χ0v) is 24.7. The van der Waals surface area contributed by atoms with Crippen molar-refractivity contribution in [3.63, 3.8) is 0 Å². The first-order valence-electron chi connectivity index (χ1n) is 13.3. The second-order valence-electron chi connectivity index (χ2n) is 10.8. The van der Waals surface area contributed by atoms with Crippen molar-refractivity contribution >= 4 is 30.3 Å². The molecule has 0 amide bonds. The van der Waals surface area contributed by atoms with Crippen molar-refractivity contribution in [2.75, 3.05) is 37.2 Å². The van der Waals surface area contributed by atoms with E-state index in [0.29, 0.717) is 0 Å². The number of nitrogen functional groups attached to an aromatic ring is 1. The Bertz CT molecular complexity index is 1790. The van der Waals surface area contributed by atoms with Gasteiger partial charge in [-0.15, -0.1) is 0 Å². The number of fused-ring (bicyclic) bond motifs is 1. The summed E-state index contributed by atoms with van der Waals surface area (Å²) in [6.45, 7) is -1.75. The van der Waals surface area contributed by atoms with Gasteiger partial charge in [-0.1, -0.05) is 0 Å². The van der Waals surface area contributed by atoms with E-state index in [2.05, 4.69) is 24.5 Å². The lowest BCUT2D eigenvalue weighted by Gasteiger charge is -2.47. The maximum atomic E-state index is 15.0. The third kappa shape index (κ3) is 6.73. The number of aromatic nitrogens is 5. The van der Waals surface area contributed by atoms with Crippen LogP contribution in [0, 0.1) is 11.6 Å². The number of aliphatic hydroxyl groups excluding tert-OH is 1. The highest BCUT2D eigenvalue weighted by Gasteiger charge is 2.53. The Hall–Kier alpha value is -4.03. The van der Waals surface area contributed by atoms with E-state index in [1.165, 1.54) is 23.3 Å². The number of hydrogen-bond donors (Lipinski definition) is 4. The highest BCUT2D eigenvalue weighted by atomic mass is 31.2. The van der Waals surface area contributed by atoms with Crippen LogP contribution in [-0.4, -0.2) is 85.0 Å². The summed E-state index contributed by atoms with van der Waals surface area (Å²) in [6, 6.07) is 2.99. The van der Waals surface area contributed by atoms with Crippen LogP contribution < -0.4 is 21.1 Å². The van der Waals surface area contributed by atoms with E-state index >= 15 is 0 Å². The molecule has 1 unspecified atom stereocenters. The van der Waals surface area contributed by atoms with Gasteiger partial charge in [-0.2, -0.15) is 0 Å². The van der Waals surface area contributed by atoms with E-state index < -0.39 is 74.8 Å². The number of halogens is 6. The number of benzene rings is 1. The number of ether oxygens (including phenoxy) is 1. The number of piperidine rings is 1. The van der Waals surface area contributed by atoms with Crippen LogP contribution in [0.4, 0.5) is 37.8 Å². The highest BCUT2D eigenvalue weighted by molar-refractivity contribution is 7.52. The minimum Gasteiger partial charge on any atom is -0.475 e. The molecule has 3 aromatic heterocycles. The Morgan fingerprint density at radius 3 is 2.46 bits per heavy atom. The fourth-order valence-corrected chi connectivity index (χ4v) is 5.60. The van der Waals surface area contributed by atoms with Gasteiger partial charge in [-0.25, -0.2) is 41.3 Å². The smallest absolute Gasteiger partial charge is 0.364 e. The molecule has 0 saturated carbocycles. The fourth-order valence-electron chi connectivity index (χ4n) is 5.20. The van der Waals surface area contributed by atoms with Crippen LogP contribution in [0.25, 0.3) is 22.4 Å². The molecule has 46 heavy (non-hydrogen) atoms. The standard InChI is InChI=1S/C26H27F6N8O5P/c1-44-46(42,43)12-45-20-15(27)2-13(3-16(20)28)17-4-14(6-39-11-38-19-23(33)36-10-37-24(19)39)18(5-35-17)40-8-25(34,21(41)22(29)30)7-26(31,32)9-40/h2-5,10-11,21-22,41H,6-9,12,34H2,1H3,(H,42,43)(H2,33,36,37)/t21-,25-/m1/s1. The van der Waals surface area contributed by atoms with Crippen molar-refractivity contribution in [2.45, 2.75) is 37.0 Å². The summed E-state index contributed by atoms with van der Waals surface area (Å²) >= 11 is 0. The van der Waals surface area contributed by atoms with Gasteiger partial charge in [0.1, 0.15) is 17.9 Å². The minimum absolute atomic E-state index is 0.0116. The summed E-state index contributed by atoms with van der Waals surface area (Å²) in [4.78, 5) is 26.9. The lowest BCUT2D eigenvalue weighted by atomic mass is 9.82. The monoisotopic (exact) mass is 676 g/mol. The molecule has 0 radical (unpaired) electrons. The summed E-state index contributed by atoms with van der Waals surface area (Å²) in [5.74, 6) is -7.01. The van der Waals surface area contributed by atoms with Crippen molar-refractivity contribution in [3.8, 4) is 17.0 Å². The molecule has 20 heteroatoms. The third-order valence-electron chi connectivity index (χ3n) is 7.35. The molecule has 0 spiro atoms. The van der Waals surface area contributed by atoms with Gasteiger partial charge in [0.15, 0.2) is 35.2 Å². The van der Waals surface area contributed by atoms with E-state index in [1.807, 2.05) is 0 Å². The number of aliphatic hydroxyl groups is 1. The molecular weight excluding hydrogens is 649 g/mol. The van der Waals surface area contributed by atoms with Crippen molar-refractivity contribution < 1.29 is 50.2 Å². The van der Waals surface area contributed by atoms with Crippen molar-refractivity contribution in [3.05, 3.63) is 54.2 Å². The number of nitrogens with zero attached hydrogens (tertiary/aromatic N) is 6. The van der Waals surface area contributed by atoms with Gasteiger partial charge < -0.3 is 40.2 Å². The molecule has 1 fully saturated rings. The lowest BCUT2D eigenvalue weighted by molar-refractivity contribution is -0.102. The average Bonchev–Trinajstić information content (AvgIpc) is 3.39. The predicted molar refractivity (Wildman–Crippen MR) is 151 cm³/mol. The summed E-state index contributed by atoms with van der Waals surface area (Å²) in [7, 11) is -3.35. The normalized spacial score (nSPS) is 20.2. The number of rotatable bonds is 10. The summed E-state index contributed by atoms with van der Waals surface area (Å²) in [5.41, 5.74) is 9.87. The van der Waals surface area contributed by atoms with Crippen LogP contribution in [0.15, 0.2) is 37.1 Å². The van der Waals surface area contributed by atoms with E-state index in [1.54, 1.807) is 0 Å². The largest absolute Gasteiger partial charge is 0.475 e. The first-order valence-corrected chi connectivity index (χ1v) is 15.1. The van der Waals surface area contributed by atoms with Gasteiger partial charge in [-0.3, -0.25) is 9.55 Å². The van der Waals surface area contributed by atoms with Crippen LogP contribution in [0.2, 0.25) is 0 Å². The topological polar surface area (TPSA) is 188 Å². The van der Waals surface area contributed by atoms with Crippen molar-refractivity contribution in [1.29, 1.82) is 0 Å². The van der Waals surface area contributed by atoms with E-state index in [0.717, 1.165) is 30.3 Å². The molecule has 1 aliphatic rings. The van der Waals surface area contributed by atoms with Crippen LogP contribution in [0.3, 0.4) is 0 Å². The number of anilines is 2. The molecule has 6 N–H and O–H groups in total. The summed E-state index contributed by atoms with van der Waals surface area (Å²) < 4.78 is 109. The number of imidazole rings is 1. The molecule has 0 bridgehead atoms. The molecule has 5 rings (SSSR count). The van der Waals surface area contributed by atoms with Crippen LogP contribution in [0.5, 0.6) is 5.75 Å². The Labute approximate surface area is 256 Å². The number of pyridine rings is 1. The first kappa shape index (κ1) is 33.3. The predicted octanol–water partition coefficient (Wildman–Crippen LogP) is 3.13. The van der Waals surface area contributed by atoms with E-state index in [4.69, 9.17) is 16.2 Å².